The Kier molecular flexibility index (Phi) is 4.55. The Bertz CT molecular complexity index is 85.6. The van der Waals surface area contributed by atoms with E-state index in [2.05, 4.69) is 17.6 Å². The van der Waals surface area contributed by atoms with Gasteiger partial charge in [-0.15, -0.1) is 0 Å². The van der Waals surface area contributed by atoms with Gasteiger partial charge in [0.2, 0.25) is 0 Å². The summed E-state index contributed by atoms with van der Waals surface area (Å²) in [5.74, 6) is 0.921. The lowest BCUT2D eigenvalue weighted by Crippen LogP contribution is -2.23. The number of rotatable bonds is 3. The lowest BCUT2D eigenvalue weighted by atomic mass is 10.0. The van der Waals surface area contributed by atoms with E-state index in [-0.39, 0.29) is 0 Å². The second-order valence-electron chi connectivity index (χ2n) is 3.35. The Hall–Kier alpha value is -0.0800. The van der Waals surface area contributed by atoms with Gasteiger partial charge >= 0.3 is 0 Å². The molecular formula is C9H20N2. The average molecular weight is 156 g/mol. The molecule has 2 nitrogen and oxygen atoms in total. The number of nitrogens with one attached hydrogen (secondary N) is 2. The molecule has 1 rings (SSSR count). The Morgan fingerprint density at radius 1 is 1.36 bits per heavy atom. The zero-order valence-electron chi connectivity index (χ0n) is 7.53. The highest BCUT2D eigenvalue weighted by atomic mass is 14.9. The predicted octanol–water partition coefficient (Wildman–Crippen LogP) is 0.986. The molecule has 1 unspecified atom stereocenters. The second kappa shape index (κ2) is 5.56. The summed E-state index contributed by atoms with van der Waals surface area (Å²) in [6.07, 6.45) is 4.11. The SMILES string of the molecule is CCNCC1CCCNCC1. The third kappa shape index (κ3) is 3.73. The molecule has 1 aliphatic heterocycles. The van der Waals surface area contributed by atoms with Crippen LogP contribution >= 0.6 is 0 Å². The van der Waals surface area contributed by atoms with Gasteiger partial charge in [0.25, 0.3) is 0 Å². The van der Waals surface area contributed by atoms with E-state index in [9.17, 15) is 0 Å². The van der Waals surface area contributed by atoms with Gasteiger partial charge in [0, 0.05) is 0 Å². The van der Waals surface area contributed by atoms with E-state index < -0.39 is 0 Å². The van der Waals surface area contributed by atoms with Crippen molar-refractivity contribution in [2.24, 2.45) is 5.92 Å². The Morgan fingerprint density at radius 3 is 3.09 bits per heavy atom. The molecule has 1 heterocycles. The maximum absolute atomic E-state index is 3.43. The highest BCUT2D eigenvalue weighted by Gasteiger charge is 2.10. The molecule has 1 atom stereocenters. The van der Waals surface area contributed by atoms with E-state index in [4.69, 9.17) is 0 Å². The van der Waals surface area contributed by atoms with Crippen molar-refractivity contribution >= 4 is 0 Å². The molecule has 0 radical (unpaired) electrons. The lowest BCUT2D eigenvalue weighted by Gasteiger charge is -2.12. The van der Waals surface area contributed by atoms with Gasteiger partial charge in [-0.2, -0.15) is 0 Å². The molecular weight excluding hydrogens is 136 g/mol. The zero-order valence-corrected chi connectivity index (χ0v) is 7.53. The highest BCUT2D eigenvalue weighted by molar-refractivity contribution is 4.68. The largest absolute Gasteiger partial charge is 0.317 e. The Morgan fingerprint density at radius 2 is 2.27 bits per heavy atom. The first-order valence-electron chi connectivity index (χ1n) is 4.85. The summed E-state index contributed by atoms with van der Waals surface area (Å²) in [5, 5.41) is 6.84. The second-order valence-corrected chi connectivity index (χ2v) is 3.35. The van der Waals surface area contributed by atoms with Crippen molar-refractivity contribution in [3.63, 3.8) is 0 Å². The lowest BCUT2D eigenvalue weighted by molar-refractivity contribution is 0.440. The smallest absolute Gasteiger partial charge is 0.00201 e. The van der Waals surface area contributed by atoms with Gasteiger partial charge in [0.1, 0.15) is 0 Å². The van der Waals surface area contributed by atoms with Gasteiger partial charge in [-0.3, -0.25) is 0 Å². The fourth-order valence-electron chi connectivity index (χ4n) is 1.64. The van der Waals surface area contributed by atoms with Gasteiger partial charge in [-0.1, -0.05) is 6.92 Å². The number of hydrogen-bond acceptors (Lipinski definition) is 2. The van der Waals surface area contributed by atoms with Gasteiger partial charge in [0.15, 0.2) is 0 Å². The maximum Gasteiger partial charge on any atom is -0.00201 e. The van der Waals surface area contributed by atoms with Crippen LogP contribution in [0.1, 0.15) is 26.2 Å². The van der Waals surface area contributed by atoms with Crippen LogP contribution in [-0.2, 0) is 0 Å². The summed E-state index contributed by atoms with van der Waals surface area (Å²) in [6, 6.07) is 0. The molecule has 0 amide bonds. The van der Waals surface area contributed by atoms with Gasteiger partial charge in [-0.25, -0.2) is 0 Å². The minimum absolute atomic E-state index is 0.921. The Balaban J connectivity index is 2.09. The third-order valence-electron chi connectivity index (χ3n) is 2.38. The molecule has 1 fully saturated rings. The molecule has 0 aliphatic carbocycles. The van der Waals surface area contributed by atoms with Gasteiger partial charge in [0.05, 0.1) is 0 Å². The molecule has 1 saturated heterocycles. The molecule has 1 aliphatic rings. The van der Waals surface area contributed by atoms with Crippen LogP contribution < -0.4 is 10.6 Å². The molecule has 0 aromatic rings. The van der Waals surface area contributed by atoms with Crippen LogP contribution in [0.2, 0.25) is 0 Å². The van der Waals surface area contributed by atoms with Crippen molar-refractivity contribution in [2.45, 2.75) is 26.2 Å². The average Bonchev–Trinajstić information content (AvgIpc) is 2.28. The molecule has 2 heteroatoms. The van der Waals surface area contributed by atoms with E-state index in [1.165, 1.54) is 38.9 Å². The molecule has 0 saturated carbocycles. The Labute approximate surface area is 69.8 Å². The molecule has 0 spiro atoms. The predicted molar refractivity (Wildman–Crippen MR) is 48.8 cm³/mol. The summed E-state index contributed by atoms with van der Waals surface area (Å²) in [5.41, 5.74) is 0. The summed E-state index contributed by atoms with van der Waals surface area (Å²) in [4.78, 5) is 0. The van der Waals surface area contributed by atoms with E-state index >= 15 is 0 Å². The van der Waals surface area contributed by atoms with Crippen molar-refractivity contribution < 1.29 is 0 Å². The van der Waals surface area contributed by atoms with Crippen molar-refractivity contribution in [2.75, 3.05) is 26.2 Å². The minimum Gasteiger partial charge on any atom is -0.317 e. The van der Waals surface area contributed by atoms with Crippen LogP contribution in [0.25, 0.3) is 0 Å². The summed E-state index contributed by atoms with van der Waals surface area (Å²) in [7, 11) is 0. The van der Waals surface area contributed by atoms with Crippen LogP contribution in [-0.4, -0.2) is 26.2 Å². The standard InChI is InChI=1S/C9H20N2/c1-2-10-8-9-4-3-6-11-7-5-9/h9-11H,2-8H2,1H3. The molecule has 0 bridgehead atoms. The van der Waals surface area contributed by atoms with E-state index in [1.807, 2.05) is 0 Å². The summed E-state index contributed by atoms with van der Waals surface area (Å²) < 4.78 is 0. The van der Waals surface area contributed by atoms with Crippen molar-refractivity contribution in [3.05, 3.63) is 0 Å². The van der Waals surface area contributed by atoms with E-state index in [1.54, 1.807) is 0 Å². The van der Waals surface area contributed by atoms with E-state index in [0.717, 1.165) is 12.5 Å². The fraction of sp³-hybridized carbons (Fsp3) is 1.00. The maximum atomic E-state index is 3.43. The fourth-order valence-corrected chi connectivity index (χ4v) is 1.64. The molecule has 0 aromatic carbocycles. The first-order valence-corrected chi connectivity index (χ1v) is 4.85. The van der Waals surface area contributed by atoms with Crippen LogP contribution in [0.5, 0.6) is 0 Å². The van der Waals surface area contributed by atoms with Gasteiger partial charge < -0.3 is 10.6 Å². The van der Waals surface area contributed by atoms with Crippen LogP contribution in [0.3, 0.4) is 0 Å². The molecule has 0 aromatic heterocycles. The van der Waals surface area contributed by atoms with Crippen LogP contribution in [0, 0.1) is 5.92 Å². The van der Waals surface area contributed by atoms with E-state index in [0.29, 0.717) is 0 Å². The molecule has 11 heavy (non-hydrogen) atoms. The summed E-state index contributed by atoms with van der Waals surface area (Å²) in [6.45, 7) is 6.95. The zero-order chi connectivity index (χ0) is 7.94. The first kappa shape index (κ1) is 9.01. The van der Waals surface area contributed by atoms with Crippen LogP contribution in [0.15, 0.2) is 0 Å². The molecule has 2 N–H and O–H groups in total. The topological polar surface area (TPSA) is 24.1 Å². The molecule has 66 valence electrons. The van der Waals surface area contributed by atoms with Crippen LogP contribution in [0.4, 0.5) is 0 Å². The first-order chi connectivity index (χ1) is 5.43. The summed E-state index contributed by atoms with van der Waals surface area (Å²) >= 11 is 0. The third-order valence-corrected chi connectivity index (χ3v) is 2.38. The van der Waals surface area contributed by atoms with Crippen molar-refractivity contribution in [1.29, 1.82) is 0 Å². The minimum atomic E-state index is 0.921. The monoisotopic (exact) mass is 156 g/mol. The normalized spacial score (nSPS) is 26.5. The van der Waals surface area contributed by atoms with Gasteiger partial charge in [-0.05, 0) is 51.4 Å². The quantitative estimate of drug-likeness (QED) is 0.636. The van der Waals surface area contributed by atoms with Crippen molar-refractivity contribution in [3.8, 4) is 0 Å². The number of hydrogen-bond donors (Lipinski definition) is 2. The van der Waals surface area contributed by atoms with Crippen molar-refractivity contribution in [1.82, 2.24) is 10.6 Å². The highest BCUT2D eigenvalue weighted by Crippen LogP contribution is 2.11.